The summed E-state index contributed by atoms with van der Waals surface area (Å²) in [6.07, 6.45) is 2.02. The fourth-order valence-electron chi connectivity index (χ4n) is 1.72. The van der Waals surface area contributed by atoms with Crippen LogP contribution in [0.3, 0.4) is 0 Å². The van der Waals surface area contributed by atoms with Crippen LogP contribution in [0.2, 0.25) is 0 Å². The lowest BCUT2D eigenvalue weighted by molar-refractivity contribution is 0.0951. The summed E-state index contributed by atoms with van der Waals surface area (Å²) < 4.78 is 0. The van der Waals surface area contributed by atoms with Gasteiger partial charge in [-0.15, -0.1) is 0 Å². The van der Waals surface area contributed by atoms with Gasteiger partial charge >= 0.3 is 0 Å². The Morgan fingerprint density at radius 3 is 2.72 bits per heavy atom. The Hall–Kier alpha value is -1.55. The van der Waals surface area contributed by atoms with Gasteiger partial charge in [0.25, 0.3) is 5.91 Å². The van der Waals surface area contributed by atoms with Gasteiger partial charge in [0.15, 0.2) is 0 Å². The van der Waals surface area contributed by atoms with Crippen LogP contribution in [-0.4, -0.2) is 43.1 Å². The molecule has 0 fully saturated rings. The predicted molar refractivity (Wildman–Crippen MR) is 73.0 cm³/mol. The lowest BCUT2D eigenvalue weighted by Crippen LogP contribution is -2.25. The predicted octanol–water partition coefficient (Wildman–Crippen LogP) is 1.77. The second-order valence-corrected chi connectivity index (χ2v) is 4.72. The van der Waals surface area contributed by atoms with E-state index in [0.29, 0.717) is 17.7 Å². The minimum absolute atomic E-state index is 0.117. The van der Waals surface area contributed by atoms with Gasteiger partial charge in [-0.2, -0.15) is 0 Å². The standard InChI is InChI=1S/C14H22N2O2/c1-11-12(7-6-8-13(11)17)14(18)15-9-4-5-10-16(2)3/h6-8,17H,4-5,9-10H2,1-3H3,(H,15,18). The molecule has 0 saturated carbocycles. The Bertz CT molecular complexity index is 403. The Balaban J connectivity index is 2.39. The maximum Gasteiger partial charge on any atom is 0.251 e. The SMILES string of the molecule is Cc1c(O)cccc1C(=O)NCCCCN(C)C. The van der Waals surface area contributed by atoms with Crippen LogP contribution in [0.4, 0.5) is 0 Å². The van der Waals surface area contributed by atoms with E-state index in [-0.39, 0.29) is 11.7 Å². The molecule has 0 radical (unpaired) electrons. The van der Waals surface area contributed by atoms with E-state index >= 15 is 0 Å². The molecule has 0 saturated heterocycles. The first-order valence-corrected chi connectivity index (χ1v) is 6.24. The number of nitrogens with zero attached hydrogens (tertiary/aromatic N) is 1. The molecule has 0 spiro atoms. The molecule has 1 aromatic rings. The zero-order chi connectivity index (χ0) is 13.5. The maximum atomic E-state index is 11.9. The van der Waals surface area contributed by atoms with Crippen LogP contribution in [0.1, 0.15) is 28.8 Å². The van der Waals surface area contributed by atoms with Crippen molar-refractivity contribution in [3.8, 4) is 5.75 Å². The Kier molecular flexibility index (Phi) is 5.65. The molecule has 100 valence electrons. The number of phenolic OH excluding ortho intramolecular Hbond substituents is 1. The zero-order valence-corrected chi connectivity index (χ0v) is 11.4. The van der Waals surface area contributed by atoms with Gasteiger partial charge < -0.3 is 15.3 Å². The molecule has 0 aliphatic heterocycles. The molecule has 0 bridgehead atoms. The third-order valence-electron chi connectivity index (χ3n) is 2.87. The van der Waals surface area contributed by atoms with Crippen molar-refractivity contribution in [1.29, 1.82) is 0 Å². The van der Waals surface area contributed by atoms with Crippen LogP contribution in [-0.2, 0) is 0 Å². The molecular formula is C14H22N2O2. The number of phenols is 1. The fraction of sp³-hybridized carbons (Fsp3) is 0.500. The number of carbonyl (C=O) groups is 1. The summed E-state index contributed by atoms with van der Waals surface area (Å²) in [5, 5.41) is 12.4. The van der Waals surface area contributed by atoms with E-state index in [1.54, 1.807) is 25.1 Å². The molecule has 0 aliphatic carbocycles. The summed E-state index contributed by atoms with van der Waals surface area (Å²) in [6, 6.07) is 5.00. The van der Waals surface area contributed by atoms with E-state index in [0.717, 1.165) is 19.4 Å². The number of nitrogens with one attached hydrogen (secondary N) is 1. The van der Waals surface area contributed by atoms with Crippen molar-refractivity contribution in [2.75, 3.05) is 27.2 Å². The number of amides is 1. The van der Waals surface area contributed by atoms with E-state index in [1.807, 2.05) is 14.1 Å². The van der Waals surface area contributed by atoms with Crippen LogP contribution in [0, 0.1) is 6.92 Å². The summed E-state index contributed by atoms with van der Waals surface area (Å²) in [6.45, 7) is 3.44. The van der Waals surface area contributed by atoms with Gasteiger partial charge in [0.2, 0.25) is 0 Å². The highest BCUT2D eigenvalue weighted by atomic mass is 16.3. The monoisotopic (exact) mass is 250 g/mol. The van der Waals surface area contributed by atoms with Crippen LogP contribution in [0.5, 0.6) is 5.75 Å². The lowest BCUT2D eigenvalue weighted by Gasteiger charge is -2.10. The minimum Gasteiger partial charge on any atom is -0.508 e. The molecule has 1 rings (SSSR count). The summed E-state index contributed by atoms with van der Waals surface area (Å²) in [5.41, 5.74) is 1.17. The van der Waals surface area contributed by atoms with Gasteiger partial charge in [-0.1, -0.05) is 6.07 Å². The van der Waals surface area contributed by atoms with E-state index in [1.165, 1.54) is 0 Å². The van der Waals surface area contributed by atoms with Gasteiger partial charge in [0, 0.05) is 17.7 Å². The van der Waals surface area contributed by atoms with E-state index in [2.05, 4.69) is 10.2 Å². The average molecular weight is 250 g/mol. The van der Waals surface area contributed by atoms with Crippen molar-refractivity contribution < 1.29 is 9.90 Å². The highest BCUT2D eigenvalue weighted by Gasteiger charge is 2.10. The van der Waals surface area contributed by atoms with E-state index < -0.39 is 0 Å². The lowest BCUT2D eigenvalue weighted by atomic mass is 10.1. The Morgan fingerprint density at radius 2 is 2.06 bits per heavy atom. The molecular weight excluding hydrogens is 228 g/mol. The van der Waals surface area contributed by atoms with Crippen molar-refractivity contribution in [3.63, 3.8) is 0 Å². The maximum absolute atomic E-state index is 11.9. The molecule has 0 atom stereocenters. The van der Waals surface area contributed by atoms with Crippen molar-refractivity contribution in [1.82, 2.24) is 10.2 Å². The molecule has 0 aliphatic rings. The van der Waals surface area contributed by atoms with Crippen molar-refractivity contribution >= 4 is 5.91 Å². The number of hydrogen-bond acceptors (Lipinski definition) is 3. The molecule has 4 heteroatoms. The quantitative estimate of drug-likeness (QED) is 0.757. The van der Waals surface area contributed by atoms with E-state index in [4.69, 9.17) is 0 Å². The number of aromatic hydroxyl groups is 1. The summed E-state index contributed by atoms with van der Waals surface area (Å²) in [5.74, 6) is 0.0449. The molecule has 18 heavy (non-hydrogen) atoms. The summed E-state index contributed by atoms with van der Waals surface area (Å²) in [7, 11) is 4.07. The number of unbranched alkanes of at least 4 members (excludes halogenated alkanes) is 1. The zero-order valence-electron chi connectivity index (χ0n) is 11.4. The normalized spacial score (nSPS) is 10.7. The molecule has 1 amide bonds. The molecule has 1 aromatic carbocycles. The van der Waals surface area contributed by atoms with Gasteiger partial charge in [-0.05, 0) is 52.5 Å². The highest BCUT2D eigenvalue weighted by molar-refractivity contribution is 5.96. The summed E-state index contributed by atoms with van der Waals surface area (Å²) in [4.78, 5) is 14.0. The molecule has 2 N–H and O–H groups in total. The van der Waals surface area contributed by atoms with Crippen LogP contribution >= 0.6 is 0 Å². The third-order valence-corrected chi connectivity index (χ3v) is 2.87. The first kappa shape index (κ1) is 14.5. The third kappa shape index (κ3) is 4.37. The van der Waals surface area contributed by atoms with Crippen molar-refractivity contribution in [2.24, 2.45) is 0 Å². The van der Waals surface area contributed by atoms with Gasteiger partial charge in [-0.25, -0.2) is 0 Å². The van der Waals surface area contributed by atoms with Crippen LogP contribution < -0.4 is 5.32 Å². The van der Waals surface area contributed by atoms with Crippen molar-refractivity contribution in [2.45, 2.75) is 19.8 Å². The number of benzene rings is 1. The second-order valence-electron chi connectivity index (χ2n) is 4.72. The number of hydrogen-bond donors (Lipinski definition) is 2. The number of carbonyl (C=O) groups excluding carboxylic acids is 1. The van der Waals surface area contributed by atoms with Gasteiger partial charge in [0.05, 0.1) is 0 Å². The fourth-order valence-corrected chi connectivity index (χ4v) is 1.72. The number of rotatable bonds is 6. The summed E-state index contributed by atoms with van der Waals surface area (Å²) >= 11 is 0. The van der Waals surface area contributed by atoms with Crippen molar-refractivity contribution in [3.05, 3.63) is 29.3 Å². The van der Waals surface area contributed by atoms with E-state index in [9.17, 15) is 9.90 Å². The minimum atomic E-state index is -0.117. The van der Waals surface area contributed by atoms with Crippen LogP contribution in [0.25, 0.3) is 0 Å². The Morgan fingerprint density at radius 1 is 1.33 bits per heavy atom. The molecule has 4 nitrogen and oxygen atoms in total. The highest BCUT2D eigenvalue weighted by Crippen LogP contribution is 2.19. The topological polar surface area (TPSA) is 52.6 Å². The van der Waals surface area contributed by atoms with Gasteiger partial charge in [-0.3, -0.25) is 4.79 Å². The first-order chi connectivity index (χ1) is 8.52. The van der Waals surface area contributed by atoms with Gasteiger partial charge in [0.1, 0.15) is 5.75 Å². The largest absolute Gasteiger partial charge is 0.508 e. The molecule has 0 unspecified atom stereocenters. The van der Waals surface area contributed by atoms with Crippen LogP contribution in [0.15, 0.2) is 18.2 Å². The average Bonchev–Trinajstić information content (AvgIpc) is 2.31. The first-order valence-electron chi connectivity index (χ1n) is 6.24. The molecule has 0 heterocycles. The Labute approximate surface area is 109 Å². The second kappa shape index (κ2) is 7.01. The smallest absolute Gasteiger partial charge is 0.251 e. The molecule has 0 aromatic heterocycles.